The summed E-state index contributed by atoms with van der Waals surface area (Å²) in [7, 11) is 2.47. The molecular weight excluding hydrogens is 406 g/mol. The van der Waals surface area contributed by atoms with Gasteiger partial charge in [0, 0.05) is 17.5 Å². The summed E-state index contributed by atoms with van der Waals surface area (Å²) >= 11 is 0. The summed E-state index contributed by atoms with van der Waals surface area (Å²) in [6.07, 6.45) is 0.694. The number of esters is 2. The van der Waals surface area contributed by atoms with Crippen molar-refractivity contribution in [3.8, 4) is 11.3 Å². The van der Waals surface area contributed by atoms with E-state index in [1.807, 2.05) is 36.4 Å². The number of carbonyl (C=O) groups excluding carboxylic acids is 3. The van der Waals surface area contributed by atoms with E-state index in [9.17, 15) is 14.4 Å². The maximum Gasteiger partial charge on any atom is 0.341 e. The first-order valence-electron chi connectivity index (χ1n) is 10.1. The van der Waals surface area contributed by atoms with Crippen LogP contribution in [-0.4, -0.2) is 36.3 Å². The molecule has 2 heterocycles. The molecule has 6 heteroatoms. The van der Waals surface area contributed by atoms with E-state index in [0.29, 0.717) is 17.5 Å². The lowest BCUT2D eigenvalue weighted by molar-refractivity contribution is 0.0556. The minimum atomic E-state index is -0.770. The number of nitrogens with zero attached hydrogens (tertiary/aromatic N) is 1. The SMILES string of the molecule is COC(=O)c1c(C(=O)OC)c2ccc3c(n2c1C(=O)c1ccccc1)-c1ccccc1C3. The van der Waals surface area contributed by atoms with Crippen molar-refractivity contribution in [3.05, 3.63) is 100 Å². The minimum Gasteiger partial charge on any atom is -0.465 e. The molecule has 2 aromatic carbocycles. The Kier molecular flexibility index (Phi) is 4.63. The zero-order chi connectivity index (χ0) is 22.4. The van der Waals surface area contributed by atoms with Gasteiger partial charge in [-0.2, -0.15) is 0 Å². The minimum absolute atomic E-state index is 0.0193. The molecule has 2 aromatic heterocycles. The molecule has 0 bridgehead atoms. The number of ether oxygens (including phenoxy) is 2. The predicted octanol–water partition coefficient (Wildman–Crippen LogP) is 4.31. The number of pyridine rings is 1. The van der Waals surface area contributed by atoms with Gasteiger partial charge in [-0.3, -0.25) is 4.79 Å². The van der Waals surface area contributed by atoms with E-state index >= 15 is 0 Å². The van der Waals surface area contributed by atoms with E-state index in [0.717, 1.165) is 22.4 Å². The van der Waals surface area contributed by atoms with Gasteiger partial charge in [0.15, 0.2) is 0 Å². The zero-order valence-corrected chi connectivity index (χ0v) is 17.5. The molecule has 0 atom stereocenters. The van der Waals surface area contributed by atoms with Crippen molar-refractivity contribution in [3.63, 3.8) is 0 Å². The molecule has 5 rings (SSSR count). The highest BCUT2D eigenvalue weighted by Crippen LogP contribution is 2.40. The second-order valence-electron chi connectivity index (χ2n) is 7.54. The lowest BCUT2D eigenvalue weighted by Gasteiger charge is -2.11. The van der Waals surface area contributed by atoms with Gasteiger partial charge in [-0.25, -0.2) is 9.59 Å². The molecule has 0 fully saturated rings. The third-order valence-electron chi connectivity index (χ3n) is 5.86. The van der Waals surface area contributed by atoms with Gasteiger partial charge >= 0.3 is 11.9 Å². The fraction of sp³-hybridized carbons (Fsp3) is 0.115. The van der Waals surface area contributed by atoms with Gasteiger partial charge < -0.3 is 13.9 Å². The summed E-state index contributed by atoms with van der Waals surface area (Å²) in [5, 5.41) is 0. The Morgan fingerprint density at radius 2 is 1.41 bits per heavy atom. The Bertz CT molecular complexity index is 1420. The Hall–Kier alpha value is -4.19. The lowest BCUT2D eigenvalue weighted by Crippen LogP contribution is -2.15. The van der Waals surface area contributed by atoms with Crippen LogP contribution in [0.3, 0.4) is 0 Å². The summed E-state index contributed by atoms with van der Waals surface area (Å²) < 4.78 is 11.7. The number of hydrogen-bond acceptors (Lipinski definition) is 5. The van der Waals surface area contributed by atoms with Crippen molar-refractivity contribution in [2.75, 3.05) is 14.2 Å². The molecule has 0 aliphatic heterocycles. The highest BCUT2D eigenvalue weighted by atomic mass is 16.5. The molecular formula is C26H19NO5. The number of rotatable bonds is 4. The molecule has 0 radical (unpaired) electrons. The highest BCUT2D eigenvalue weighted by Gasteiger charge is 2.35. The molecule has 1 aliphatic carbocycles. The van der Waals surface area contributed by atoms with Gasteiger partial charge in [0.1, 0.15) is 16.8 Å². The van der Waals surface area contributed by atoms with Gasteiger partial charge in [-0.15, -0.1) is 0 Å². The third-order valence-corrected chi connectivity index (χ3v) is 5.86. The van der Waals surface area contributed by atoms with E-state index < -0.39 is 11.9 Å². The normalized spacial score (nSPS) is 11.7. The highest BCUT2D eigenvalue weighted by molar-refractivity contribution is 6.20. The Labute approximate surface area is 184 Å². The molecule has 1 aliphatic rings. The van der Waals surface area contributed by atoms with Crippen molar-refractivity contribution in [1.82, 2.24) is 4.40 Å². The second kappa shape index (κ2) is 7.50. The number of carbonyl (C=O) groups is 3. The first-order chi connectivity index (χ1) is 15.6. The molecule has 0 saturated heterocycles. The van der Waals surface area contributed by atoms with Gasteiger partial charge in [-0.1, -0.05) is 60.7 Å². The number of fused-ring (bicyclic) bond motifs is 5. The van der Waals surface area contributed by atoms with Crippen LogP contribution >= 0.6 is 0 Å². The first kappa shape index (κ1) is 19.8. The van der Waals surface area contributed by atoms with Crippen LogP contribution in [0.15, 0.2) is 66.7 Å². The van der Waals surface area contributed by atoms with Crippen molar-refractivity contribution < 1.29 is 23.9 Å². The summed E-state index contributed by atoms with van der Waals surface area (Å²) in [6.45, 7) is 0. The maximum atomic E-state index is 13.8. The Morgan fingerprint density at radius 1 is 0.750 bits per heavy atom. The molecule has 32 heavy (non-hydrogen) atoms. The lowest BCUT2D eigenvalue weighted by atomic mass is 10.0. The number of ketones is 1. The average molecular weight is 425 g/mol. The molecule has 0 spiro atoms. The molecule has 0 amide bonds. The number of hydrogen-bond donors (Lipinski definition) is 0. The van der Waals surface area contributed by atoms with Crippen LogP contribution in [0.2, 0.25) is 0 Å². The van der Waals surface area contributed by atoms with Gasteiger partial charge in [0.25, 0.3) is 0 Å². The molecule has 0 N–H and O–H groups in total. The zero-order valence-electron chi connectivity index (χ0n) is 17.5. The van der Waals surface area contributed by atoms with Gasteiger partial charge in [0.05, 0.1) is 25.4 Å². The molecule has 6 nitrogen and oxygen atoms in total. The quantitative estimate of drug-likeness (QED) is 0.317. The largest absolute Gasteiger partial charge is 0.465 e. The van der Waals surface area contributed by atoms with Crippen LogP contribution in [0.25, 0.3) is 16.8 Å². The van der Waals surface area contributed by atoms with Gasteiger partial charge in [0.2, 0.25) is 5.78 Å². The van der Waals surface area contributed by atoms with E-state index in [4.69, 9.17) is 9.47 Å². The summed E-state index contributed by atoms with van der Waals surface area (Å²) in [4.78, 5) is 39.5. The van der Waals surface area contributed by atoms with E-state index in [1.54, 1.807) is 34.7 Å². The number of benzene rings is 2. The summed E-state index contributed by atoms with van der Waals surface area (Å²) in [5.74, 6) is -1.86. The average Bonchev–Trinajstić information content (AvgIpc) is 3.38. The van der Waals surface area contributed by atoms with Crippen molar-refractivity contribution >= 4 is 23.2 Å². The molecule has 0 unspecified atom stereocenters. The number of aromatic nitrogens is 1. The fourth-order valence-corrected chi connectivity index (χ4v) is 4.48. The second-order valence-corrected chi connectivity index (χ2v) is 7.54. The van der Waals surface area contributed by atoms with Gasteiger partial charge in [-0.05, 0) is 17.2 Å². The summed E-state index contributed by atoms with van der Waals surface area (Å²) in [5.41, 5.74) is 4.70. The topological polar surface area (TPSA) is 74.1 Å². The van der Waals surface area contributed by atoms with E-state index in [1.165, 1.54) is 14.2 Å². The molecule has 158 valence electrons. The van der Waals surface area contributed by atoms with Crippen molar-refractivity contribution in [2.24, 2.45) is 0 Å². The maximum absolute atomic E-state index is 13.8. The van der Waals surface area contributed by atoms with E-state index in [-0.39, 0.29) is 22.6 Å². The smallest absolute Gasteiger partial charge is 0.341 e. The standard InChI is InChI=1S/C26H19NO5/c1-31-25(29)20-19-13-12-17-14-16-10-6-7-11-18(16)22(17)27(19)23(21(20)26(30)32-2)24(28)15-8-4-3-5-9-15/h3-13H,14H2,1-2H3. The molecule has 0 saturated carbocycles. The van der Waals surface area contributed by atoms with E-state index in [2.05, 4.69) is 0 Å². The van der Waals surface area contributed by atoms with Crippen LogP contribution in [0.5, 0.6) is 0 Å². The molecule has 4 aromatic rings. The fourth-order valence-electron chi connectivity index (χ4n) is 4.48. The Balaban J connectivity index is 1.96. The Morgan fingerprint density at radius 3 is 2.12 bits per heavy atom. The van der Waals surface area contributed by atoms with Crippen molar-refractivity contribution in [2.45, 2.75) is 6.42 Å². The van der Waals surface area contributed by atoms with Crippen molar-refractivity contribution in [1.29, 1.82) is 0 Å². The van der Waals surface area contributed by atoms with Crippen LogP contribution in [0.1, 0.15) is 47.9 Å². The first-order valence-corrected chi connectivity index (χ1v) is 10.1. The monoisotopic (exact) mass is 425 g/mol. The van der Waals surface area contributed by atoms with Crippen LogP contribution in [-0.2, 0) is 15.9 Å². The van der Waals surface area contributed by atoms with Crippen LogP contribution < -0.4 is 0 Å². The third kappa shape index (κ3) is 2.76. The predicted molar refractivity (Wildman–Crippen MR) is 118 cm³/mol. The number of methoxy groups -OCH3 is 2. The van der Waals surface area contributed by atoms with Crippen LogP contribution in [0, 0.1) is 0 Å². The summed E-state index contributed by atoms with van der Waals surface area (Å²) in [6, 6.07) is 20.3. The van der Waals surface area contributed by atoms with Crippen LogP contribution in [0.4, 0.5) is 0 Å².